The summed E-state index contributed by atoms with van der Waals surface area (Å²) in [4.78, 5) is 29.7. The maximum Gasteiger partial charge on any atom is 0.242 e. The first-order chi connectivity index (χ1) is 20.0. The number of fused-ring (bicyclic) bond motifs is 3. The van der Waals surface area contributed by atoms with Gasteiger partial charge < -0.3 is 24.8 Å². The number of rotatable bonds is 5. The Kier molecular flexibility index (Phi) is 7.78. The quantitative estimate of drug-likeness (QED) is 0.487. The van der Waals surface area contributed by atoms with Gasteiger partial charge in [0, 0.05) is 50.3 Å². The molecule has 1 fully saturated rings. The number of nitrogens with zero attached hydrogens (tertiary/aromatic N) is 4. The van der Waals surface area contributed by atoms with Crippen molar-refractivity contribution in [1.82, 2.24) is 30.5 Å². The summed E-state index contributed by atoms with van der Waals surface area (Å²) in [6, 6.07) is 13.0. The van der Waals surface area contributed by atoms with Gasteiger partial charge in [-0.25, -0.2) is 0 Å². The van der Waals surface area contributed by atoms with E-state index in [1.807, 2.05) is 48.7 Å². The SMILES string of the molecule is COc1cc2c(cc1CN1CCC3(CC1)Cc1cn(nn1)CCCNC(=O)[C@H](Cc1ccccc1)NC3=O)OCO2. The van der Waals surface area contributed by atoms with Crippen molar-refractivity contribution in [1.29, 1.82) is 0 Å². The highest BCUT2D eigenvalue weighted by molar-refractivity contribution is 5.90. The predicted molar refractivity (Wildman–Crippen MR) is 149 cm³/mol. The number of methoxy groups -OCH3 is 1. The van der Waals surface area contributed by atoms with Crippen LogP contribution in [0.4, 0.5) is 0 Å². The number of nitrogens with one attached hydrogen (secondary N) is 2. The summed E-state index contributed by atoms with van der Waals surface area (Å²) < 4.78 is 18.5. The maximum absolute atomic E-state index is 14.1. The Hall–Kier alpha value is -4.12. The van der Waals surface area contributed by atoms with Crippen LogP contribution in [0.1, 0.15) is 36.1 Å². The van der Waals surface area contributed by atoms with Gasteiger partial charge in [0.15, 0.2) is 11.5 Å². The number of amides is 2. The Bertz CT molecular complexity index is 1390. The third-order valence-corrected chi connectivity index (χ3v) is 8.34. The zero-order chi connectivity index (χ0) is 28.2. The Balaban J connectivity index is 1.22. The molecule has 1 atom stereocenters. The van der Waals surface area contributed by atoms with Gasteiger partial charge in [0.2, 0.25) is 18.6 Å². The summed E-state index contributed by atoms with van der Waals surface area (Å²) in [5.41, 5.74) is 2.10. The van der Waals surface area contributed by atoms with Crippen molar-refractivity contribution in [2.24, 2.45) is 5.41 Å². The highest BCUT2D eigenvalue weighted by atomic mass is 16.7. The van der Waals surface area contributed by atoms with E-state index in [4.69, 9.17) is 14.2 Å². The van der Waals surface area contributed by atoms with Gasteiger partial charge in [-0.1, -0.05) is 35.5 Å². The summed E-state index contributed by atoms with van der Waals surface area (Å²) in [7, 11) is 1.65. The molecule has 2 aromatic carbocycles. The molecule has 3 aliphatic rings. The van der Waals surface area contributed by atoms with Crippen LogP contribution >= 0.6 is 0 Å². The lowest BCUT2D eigenvalue weighted by atomic mass is 9.73. The topological polar surface area (TPSA) is 120 Å². The molecule has 3 aliphatic heterocycles. The highest BCUT2D eigenvalue weighted by Gasteiger charge is 2.43. The lowest BCUT2D eigenvalue weighted by Gasteiger charge is -2.41. The lowest BCUT2D eigenvalue weighted by Crippen LogP contribution is -2.56. The van der Waals surface area contributed by atoms with E-state index in [0.717, 1.165) is 34.7 Å². The van der Waals surface area contributed by atoms with Crippen LogP contribution in [-0.2, 0) is 35.5 Å². The molecule has 3 aromatic rings. The van der Waals surface area contributed by atoms with Gasteiger partial charge in [-0.2, -0.15) is 0 Å². The molecule has 0 saturated carbocycles. The molecule has 0 radical (unpaired) electrons. The largest absolute Gasteiger partial charge is 0.496 e. The summed E-state index contributed by atoms with van der Waals surface area (Å²) >= 11 is 0. The number of ether oxygens (including phenoxy) is 3. The second-order valence-corrected chi connectivity index (χ2v) is 11.1. The molecule has 0 unspecified atom stereocenters. The molecule has 216 valence electrons. The number of benzene rings is 2. The minimum atomic E-state index is -0.709. The first-order valence-electron chi connectivity index (χ1n) is 14.2. The van der Waals surface area contributed by atoms with E-state index in [9.17, 15) is 9.59 Å². The molecule has 1 saturated heterocycles. The molecule has 11 nitrogen and oxygen atoms in total. The second-order valence-electron chi connectivity index (χ2n) is 11.1. The van der Waals surface area contributed by atoms with Crippen LogP contribution in [0.15, 0.2) is 48.7 Å². The smallest absolute Gasteiger partial charge is 0.242 e. The Morgan fingerprint density at radius 3 is 2.63 bits per heavy atom. The fourth-order valence-electron chi connectivity index (χ4n) is 5.96. The van der Waals surface area contributed by atoms with Gasteiger partial charge in [-0.3, -0.25) is 19.2 Å². The minimum Gasteiger partial charge on any atom is -0.496 e. The third kappa shape index (κ3) is 6.00. The van der Waals surface area contributed by atoms with Crippen molar-refractivity contribution in [2.45, 2.75) is 51.2 Å². The van der Waals surface area contributed by atoms with Crippen molar-refractivity contribution in [3.05, 3.63) is 65.5 Å². The Morgan fingerprint density at radius 2 is 1.85 bits per heavy atom. The predicted octanol–water partition coefficient (Wildman–Crippen LogP) is 2.09. The Labute approximate surface area is 239 Å². The van der Waals surface area contributed by atoms with Crippen LogP contribution in [0, 0.1) is 5.41 Å². The van der Waals surface area contributed by atoms with Crippen LogP contribution in [0.25, 0.3) is 0 Å². The van der Waals surface area contributed by atoms with Crippen LogP contribution in [0.5, 0.6) is 17.2 Å². The molecular weight excluding hydrogens is 524 g/mol. The molecule has 6 rings (SSSR count). The molecule has 41 heavy (non-hydrogen) atoms. The number of hydrogen-bond acceptors (Lipinski definition) is 8. The average Bonchev–Trinajstić information content (AvgIpc) is 3.64. The summed E-state index contributed by atoms with van der Waals surface area (Å²) in [6.45, 7) is 3.42. The van der Waals surface area contributed by atoms with Crippen LogP contribution in [0.2, 0.25) is 0 Å². The number of carbonyl (C=O) groups excluding carboxylic acids is 2. The zero-order valence-electron chi connectivity index (χ0n) is 23.3. The molecular formula is C30H36N6O5. The second kappa shape index (κ2) is 11.8. The fourth-order valence-corrected chi connectivity index (χ4v) is 5.96. The van der Waals surface area contributed by atoms with Crippen molar-refractivity contribution >= 4 is 11.8 Å². The van der Waals surface area contributed by atoms with Crippen LogP contribution in [-0.4, -0.2) is 71.3 Å². The highest BCUT2D eigenvalue weighted by Crippen LogP contribution is 2.40. The van der Waals surface area contributed by atoms with Gasteiger partial charge >= 0.3 is 0 Å². The van der Waals surface area contributed by atoms with E-state index in [1.54, 1.807) is 11.8 Å². The van der Waals surface area contributed by atoms with E-state index < -0.39 is 11.5 Å². The summed E-state index contributed by atoms with van der Waals surface area (Å²) in [6.07, 6.45) is 4.80. The monoisotopic (exact) mass is 560 g/mol. The van der Waals surface area contributed by atoms with Gasteiger partial charge in [0.05, 0.1) is 18.2 Å². The number of aryl methyl sites for hydroxylation is 1. The molecule has 2 amide bonds. The van der Waals surface area contributed by atoms with Crippen molar-refractivity contribution in [3.8, 4) is 17.2 Å². The average molecular weight is 561 g/mol. The Morgan fingerprint density at radius 1 is 1.07 bits per heavy atom. The first kappa shape index (κ1) is 27.1. The number of likely N-dealkylation sites (tertiary alicyclic amines) is 1. The first-order valence-corrected chi connectivity index (χ1v) is 14.2. The van der Waals surface area contributed by atoms with Crippen molar-refractivity contribution < 1.29 is 23.8 Å². The standard InChI is InChI=1S/C30H36N6O5/c1-39-25-16-27-26(40-20-41-27)15-22(25)18-35-12-8-30(9-13-35)17-23-19-36(34-33-23)11-5-10-31-28(37)24(32-29(30)38)14-21-6-3-2-4-7-21/h2-4,6-7,15-16,19,24H,5,8-14,17-18,20H2,1H3,(H,31,37)(H,32,38)/t24-/m0/s1. The minimum absolute atomic E-state index is 0.109. The summed E-state index contributed by atoms with van der Waals surface area (Å²) in [5, 5.41) is 14.8. The van der Waals surface area contributed by atoms with E-state index in [-0.39, 0.29) is 18.6 Å². The third-order valence-electron chi connectivity index (χ3n) is 8.34. The van der Waals surface area contributed by atoms with E-state index in [1.165, 1.54) is 0 Å². The molecule has 11 heteroatoms. The molecule has 2 bridgehead atoms. The number of hydrogen-bond donors (Lipinski definition) is 2. The number of piperidine rings is 1. The normalized spacial score (nSPS) is 20.9. The van der Waals surface area contributed by atoms with E-state index in [2.05, 4.69) is 25.8 Å². The molecule has 1 aromatic heterocycles. The van der Waals surface area contributed by atoms with E-state index >= 15 is 0 Å². The molecule has 2 N–H and O–H groups in total. The van der Waals surface area contributed by atoms with Gasteiger partial charge in [0.25, 0.3) is 0 Å². The fraction of sp³-hybridized carbons (Fsp3) is 0.467. The number of aromatic nitrogens is 3. The molecule has 4 heterocycles. The van der Waals surface area contributed by atoms with Crippen molar-refractivity contribution in [2.75, 3.05) is 33.5 Å². The van der Waals surface area contributed by atoms with Crippen LogP contribution < -0.4 is 24.8 Å². The van der Waals surface area contributed by atoms with Gasteiger partial charge in [-0.05, 0) is 44.0 Å². The molecule has 0 aliphatic carbocycles. The van der Waals surface area contributed by atoms with Crippen LogP contribution in [0.3, 0.4) is 0 Å². The zero-order valence-corrected chi connectivity index (χ0v) is 23.3. The number of carbonyl (C=O) groups is 2. The van der Waals surface area contributed by atoms with Gasteiger partial charge in [0.1, 0.15) is 11.8 Å². The molecule has 1 spiro atoms. The van der Waals surface area contributed by atoms with E-state index in [0.29, 0.717) is 64.2 Å². The van der Waals surface area contributed by atoms with Crippen molar-refractivity contribution in [3.63, 3.8) is 0 Å². The maximum atomic E-state index is 14.1. The lowest BCUT2D eigenvalue weighted by molar-refractivity contribution is -0.137. The summed E-state index contributed by atoms with van der Waals surface area (Å²) in [5.74, 6) is 1.88. The van der Waals surface area contributed by atoms with Gasteiger partial charge in [-0.15, -0.1) is 5.10 Å².